The minimum atomic E-state index is -0.508. The molecule has 0 amide bonds. The van der Waals surface area contributed by atoms with E-state index < -0.39 is 5.92 Å². The van der Waals surface area contributed by atoms with Crippen LogP contribution >= 0.6 is 0 Å². The van der Waals surface area contributed by atoms with Gasteiger partial charge in [0.2, 0.25) is 11.8 Å². The Labute approximate surface area is 161 Å². The number of nitriles is 1. The number of ether oxygens (including phenoxy) is 3. The average Bonchev–Trinajstić information content (AvgIpc) is 3.16. The van der Waals surface area contributed by atoms with Gasteiger partial charge in [0.25, 0.3) is 0 Å². The van der Waals surface area contributed by atoms with Crippen LogP contribution < -0.4 is 19.9 Å². The van der Waals surface area contributed by atoms with Gasteiger partial charge in [-0.3, -0.25) is 10.1 Å². The summed E-state index contributed by atoms with van der Waals surface area (Å²) in [6.07, 6.45) is 3.40. The summed E-state index contributed by atoms with van der Waals surface area (Å²) in [5.41, 5.74) is 9.31. The summed E-state index contributed by atoms with van der Waals surface area (Å²) in [5, 5.41) is 17.0. The molecule has 2 aromatic heterocycles. The highest BCUT2D eigenvalue weighted by atomic mass is 16.5. The topological polar surface area (TPSA) is 119 Å². The van der Waals surface area contributed by atoms with Crippen LogP contribution in [0.2, 0.25) is 0 Å². The molecule has 0 saturated carbocycles. The van der Waals surface area contributed by atoms with Gasteiger partial charge in [-0.2, -0.15) is 5.26 Å². The molecule has 0 spiro atoms. The third-order valence-corrected chi connectivity index (χ3v) is 4.60. The molecule has 3 aromatic rings. The molecule has 1 atom stereocenters. The summed E-state index contributed by atoms with van der Waals surface area (Å²) in [6, 6.07) is 11.3. The zero-order valence-electron chi connectivity index (χ0n) is 15.3. The first kappa shape index (κ1) is 17.4. The summed E-state index contributed by atoms with van der Waals surface area (Å²) in [5.74, 6) is 1.04. The van der Waals surface area contributed by atoms with Gasteiger partial charge < -0.3 is 19.9 Å². The number of aromatic amines is 1. The monoisotopic (exact) mass is 375 g/mol. The predicted molar refractivity (Wildman–Crippen MR) is 101 cm³/mol. The Morgan fingerprint density at radius 3 is 2.57 bits per heavy atom. The average molecular weight is 375 g/mol. The number of nitrogens with one attached hydrogen (secondary N) is 1. The fraction of sp³-hybridized carbons (Fsp3) is 0.150. The Morgan fingerprint density at radius 2 is 1.96 bits per heavy atom. The number of nitrogens with zero attached hydrogens (tertiary/aromatic N) is 3. The standard InChI is InChI=1S/C20H17N5O3/c1-26-13-6-12(7-14(8-13)27-2)16-15(9-21)19(22)28-20-17(16)18(24-25-20)11-4-3-5-23-10-11/h3-8,10,16H,22H2,1-2H3,(H,24,25)/t16-/m0/s1. The Balaban J connectivity index is 1.97. The Morgan fingerprint density at radius 1 is 1.21 bits per heavy atom. The molecule has 1 aliphatic heterocycles. The highest BCUT2D eigenvalue weighted by molar-refractivity contribution is 5.70. The second-order valence-electron chi connectivity index (χ2n) is 6.13. The maximum Gasteiger partial charge on any atom is 0.244 e. The van der Waals surface area contributed by atoms with E-state index in [9.17, 15) is 5.26 Å². The van der Waals surface area contributed by atoms with E-state index in [4.69, 9.17) is 19.9 Å². The molecule has 8 nitrogen and oxygen atoms in total. The number of hydrogen-bond acceptors (Lipinski definition) is 7. The Bertz CT molecular complexity index is 1080. The normalized spacial score (nSPS) is 15.4. The van der Waals surface area contributed by atoms with Gasteiger partial charge in [-0.1, -0.05) is 0 Å². The number of H-pyrrole nitrogens is 1. The van der Waals surface area contributed by atoms with E-state index in [2.05, 4.69) is 21.3 Å². The molecule has 1 aliphatic rings. The molecule has 4 rings (SSSR count). The van der Waals surface area contributed by atoms with E-state index >= 15 is 0 Å². The molecule has 0 saturated heterocycles. The molecule has 3 N–H and O–H groups in total. The second-order valence-corrected chi connectivity index (χ2v) is 6.13. The largest absolute Gasteiger partial charge is 0.497 e. The number of benzene rings is 1. The molecule has 28 heavy (non-hydrogen) atoms. The molecule has 0 unspecified atom stereocenters. The first-order valence-electron chi connectivity index (χ1n) is 8.45. The molecular weight excluding hydrogens is 358 g/mol. The van der Waals surface area contributed by atoms with Crippen LogP contribution in [0.1, 0.15) is 17.0 Å². The molecule has 0 bridgehead atoms. The summed E-state index contributed by atoms with van der Waals surface area (Å²) < 4.78 is 16.4. The van der Waals surface area contributed by atoms with Gasteiger partial charge in [-0.15, -0.1) is 5.10 Å². The lowest BCUT2D eigenvalue weighted by atomic mass is 9.83. The predicted octanol–water partition coefficient (Wildman–Crippen LogP) is 2.71. The maximum absolute atomic E-state index is 9.80. The molecule has 140 valence electrons. The molecule has 3 heterocycles. The molecular formula is C20H17N5O3. The van der Waals surface area contributed by atoms with Crippen molar-refractivity contribution in [1.29, 1.82) is 5.26 Å². The highest BCUT2D eigenvalue weighted by Crippen LogP contribution is 2.46. The number of allylic oxidation sites excluding steroid dienone is 1. The summed E-state index contributed by atoms with van der Waals surface area (Å²) >= 11 is 0. The minimum Gasteiger partial charge on any atom is -0.497 e. The van der Waals surface area contributed by atoms with E-state index in [1.54, 1.807) is 32.7 Å². The van der Waals surface area contributed by atoms with Crippen molar-refractivity contribution in [2.24, 2.45) is 5.73 Å². The van der Waals surface area contributed by atoms with Crippen molar-refractivity contribution in [2.75, 3.05) is 14.2 Å². The van der Waals surface area contributed by atoms with Crippen LogP contribution in [-0.4, -0.2) is 29.4 Å². The van der Waals surface area contributed by atoms with Crippen molar-refractivity contribution < 1.29 is 14.2 Å². The molecule has 1 aromatic carbocycles. The number of methoxy groups -OCH3 is 2. The zero-order valence-corrected chi connectivity index (χ0v) is 15.3. The highest BCUT2D eigenvalue weighted by Gasteiger charge is 2.36. The van der Waals surface area contributed by atoms with Crippen molar-refractivity contribution in [3.8, 4) is 34.7 Å². The molecule has 0 aliphatic carbocycles. The van der Waals surface area contributed by atoms with E-state index in [0.29, 0.717) is 28.6 Å². The molecule has 0 radical (unpaired) electrons. The number of aromatic nitrogens is 3. The lowest BCUT2D eigenvalue weighted by molar-refractivity contribution is 0.377. The number of hydrogen-bond donors (Lipinski definition) is 2. The third-order valence-electron chi connectivity index (χ3n) is 4.60. The number of nitrogens with two attached hydrogens (primary N) is 1. The minimum absolute atomic E-state index is 0.0195. The number of pyridine rings is 1. The smallest absolute Gasteiger partial charge is 0.244 e. The van der Waals surface area contributed by atoms with Crippen molar-refractivity contribution in [2.45, 2.75) is 5.92 Å². The summed E-state index contributed by atoms with van der Waals surface area (Å²) in [7, 11) is 3.14. The Kier molecular flexibility index (Phi) is 4.33. The second kappa shape index (κ2) is 6.96. The van der Waals surface area contributed by atoms with Gasteiger partial charge in [0.15, 0.2) is 0 Å². The van der Waals surface area contributed by atoms with E-state index in [-0.39, 0.29) is 11.5 Å². The lowest BCUT2D eigenvalue weighted by Crippen LogP contribution is -2.21. The van der Waals surface area contributed by atoms with Gasteiger partial charge in [-0.25, -0.2) is 0 Å². The first-order valence-corrected chi connectivity index (χ1v) is 8.45. The van der Waals surface area contributed by atoms with Crippen LogP contribution in [0.4, 0.5) is 0 Å². The summed E-state index contributed by atoms with van der Waals surface area (Å²) in [4.78, 5) is 4.17. The van der Waals surface area contributed by atoms with Gasteiger partial charge in [0, 0.05) is 24.0 Å². The number of fused-ring (bicyclic) bond motifs is 1. The summed E-state index contributed by atoms with van der Waals surface area (Å²) in [6.45, 7) is 0. The quantitative estimate of drug-likeness (QED) is 0.719. The zero-order chi connectivity index (χ0) is 19.7. The van der Waals surface area contributed by atoms with Crippen LogP contribution in [-0.2, 0) is 0 Å². The van der Waals surface area contributed by atoms with Gasteiger partial charge in [0.1, 0.15) is 23.1 Å². The fourth-order valence-corrected chi connectivity index (χ4v) is 3.31. The van der Waals surface area contributed by atoms with Crippen molar-refractivity contribution in [3.63, 3.8) is 0 Å². The van der Waals surface area contributed by atoms with Crippen molar-refractivity contribution >= 4 is 0 Å². The van der Waals surface area contributed by atoms with Crippen molar-refractivity contribution in [1.82, 2.24) is 15.2 Å². The first-order chi connectivity index (χ1) is 13.7. The third kappa shape index (κ3) is 2.79. The van der Waals surface area contributed by atoms with Gasteiger partial charge in [0.05, 0.1) is 31.4 Å². The molecule has 0 fully saturated rings. The molecule has 8 heteroatoms. The Hall–Kier alpha value is -3.99. The van der Waals surface area contributed by atoms with Crippen LogP contribution in [0.5, 0.6) is 17.4 Å². The SMILES string of the molecule is COc1cc(OC)cc([C@H]2C(C#N)=C(N)Oc3n[nH]c(-c4cccnc4)c32)c1. The van der Waals surface area contributed by atoms with Crippen LogP contribution in [0.3, 0.4) is 0 Å². The van der Waals surface area contributed by atoms with Crippen LogP contribution in [0.25, 0.3) is 11.3 Å². The van der Waals surface area contributed by atoms with Gasteiger partial charge >= 0.3 is 0 Å². The lowest BCUT2D eigenvalue weighted by Gasteiger charge is -2.24. The van der Waals surface area contributed by atoms with E-state index in [0.717, 1.165) is 11.1 Å². The maximum atomic E-state index is 9.80. The fourth-order valence-electron chi connectivity index (χ4n) is 3.31. The van der Waals surface area contributed by atoms with Crippen molar-refractivity contribution in [3.05, 3.63) is 65.3 Å². The van der Waals surface area contributed by atoms with E-state index in [1.807, 2.05) is 24.3 Å². The number of rotatable bonds is 4. The van der Waals surface area contributed by atoms with Crippen LogP contribution in [0, 0.1) is 11.3 Å². The van der Waals surface area contributed by atoms with E-state index in [1.165, 1.54) is 0 Å². The van der Waals surface area contributed by atoms with Crippen LogP contribution in [0.15, 0.2) is 54.2 Å². The van der Waals surface area contributed by atoms with Gasteiger partial charge in [-0.05, 0) is 29.8 Å².